The van der Waals surface area contributed by atoms with E-state index in [0.717, 1.165) is 11.2 Å². The van der Waals surface area contributed by atoms with Crippen molar-refractivity contribution < 1.29 is 4.42 Å². The van der Waals surface area contributed by atoms with E-state index in [4.69, 9.17) is 4.42 Å². The van der Waals surface area contributed by atoms with Crippen LogP contribution < -0.4 is 0 Å². The smallest absolute Gasteiger partial charge is 0.136 e. The highest BCUT2D eigenvalue weighted by atomic mass is 16.3. The molecule has 0 radical (unpaired) electrons. The number of para-hydroxylation sites is 2. The van der Waals surface area contributed by atoms with Crippen molar-refractivity contribution in [1.82, 2.24) is 4.40 Å². The van der Waals surface area contributed by atoms with E-state index in [9.17, 15) is 0 Å². The predicted octanol–water partition coefficient (Wildman–Crippen LogP) is 9.04. The van der Waals surface area contributed by atoms with Crippen molar-refractivity contribution in [2.24, 2.45) is 0 Å². The van der Waals surface area contributed by atoms with Crippen LogP contribution in [0.4, 0.5) is 0 Å². The molecule has 1 aliphatic carbocycles. The second kappa shape index (κ2) is 5.67. The molecule has 35 heavy (non-hydrogen) atoms. The molecule has 2 nitrogen and oxygen atoms in total. The molecule has 8 aromatic rings. The Labute approximate surface area is 201 Å². The number of aromatic nitrogens is 1. The summed E-state index contributed by atoms with van der Waals surface area (Å²) in [5.74, 6) is 0. The summed E-state index contributed by atoms with van der Waals surface area (Å²) in [6.45, 7) is 4.76. The molecule has 2 heteroatoms. The van der Waals surface area contributed by atoms with Gasteiger partial charge in [0.05, 0.1) is 16.6 Å². The minimum absolute atomic E-state index is 0.0483. The number of benzene rings is 5. The first-order valence-corrected chi connectivity index (χ1v) is 12.3. The van der Waals surface area contributed by atoms with Crippen molar-refractivity contribution in [2.45, 2.75) is 19.3 Å². The van der Waals surface area contributed by atoms with Gasteiger partial charge in [-0.1, -0.05) is 80.6 Å². The van der Waals surface area contributed by atoms with Crippen molar-refractivity contribution in [3.63, 3.8) is 0 Å². The Morgan fingerprint density at radius 1 is 0.571 bits per heavy atom. The monoisotopic (exact) mass is 447 g/mol. The van der Waals surface area contributed by atoms with Gasteiger partial charge in [-0.2, -0.15) is 0 Å². The third-order valence-electron chi connectivity index (χ3n) is 8.50. The summed E-state index contributed by atoms with van der Waals surface area (Å²) in [6.07, 6.45) is 0. The topological polar surface area (TPSA) is 17.6 Å². The van der Waals surface area contributed by atoms with Gasteiger partial charge in [0.1, 0.15) is 11.2 Å². The van der Waals surface area contributed by atoms with Gasteiger partial charge in [-0.05, 0) is 46.5 Å². The molecule has 0 aliphatic heterocycles. The Bertz CT molecular complexity index is 2190. The Hall–Kier alpha value is -4.30. The predicted molar refractivity (Wildman–Crippen MR) is 146 cm³/mol. The molecule has 9 rings (SSSR count). The average Bonchev–Trinajstić information content (AvgIpc) is 3.58. The largest absolute Gasteiger partial charge is 0.456 e. The van der Waals surface area contributed by atoms with Crippen molar-refractivity contribution >= 4 is 60.0 Å². The molecule has 5 aromatic carbocycles. The van der Waals surface area contributed by atoms with Crippen LogP contribution in [0.5, 0.6) is 0 Å². The highest BCUT2D eigenvalue weighted by Gasteiger charge is 2.38. The zero-order valence-electron chi connectivity index (χ0n) is 19.5. The molecule has 0 unspecified atom stereocenters. The highest BCUT2D eigenvalue weighted by Crippen LogP contribution is 2.54. The first kappa shape index (κ1) is 18.1. The molecule has 0 N–H and O–H groups in total. The Kier molecular flexibility index (Phi) is 2.93. The van der Waals surface area contributed by atoms with E-state index in [1.807, 2.05) is 6.07 Å². The van der Waals surface area contributed by atoms with Crippen LogP contribution in [-0.2, 0) is 5.41 Å². The van der Waals surface area contributed by atoms with Crippen LogP contribution in [0.25, 0.3) is 71.2 Å². The van der Waals surface area contributed by atoms with E-state index in [-0.39, 0.29) is 5.41 Å². The number of furan rings is 1. The van der Waals surface area contributed by atoms with Gasteiger partial charge in [-0.25, -0.2) is 0 Å². The van der Waals surface area contributed by atoms with Crippen LogP contribution >= 0.6 is 0 Å². The first-order valence-electron chi connectivity index (χ1n) is 12.3. The molecule has 0 spiro atoms. The Morgan fingerprint density at radius 3 is 2.20 bits per heavy atom. The van der Waals surface area contributed by atoms with E-state index in [1.165, 1.54) is 71.1 Å². The van der Waals surface area contributed by atoms with Crippen molar-refractivity contribution in [3.05, 3.63) is 102 Å². The van der Waals surface area contributed by atoms with Gasteiger partial charge >= 0.3 is 0 Å². The normalized spacial score (nSPS) is 14.8. The third kappa shape index (κ3) is 1.89. The maximum atomic E-state index is 6.25. The fourth-order valence-corrected chi connectivity index (χ4v) is 7.15. The number of hydrogen-bond donors (Lipinski definition) is 0. The quantitative estimate of drug-likeness (QED) is 0.227. The van der Waals surface area contributed by atoms with E-state index in [0.29, 0.717) is 0 Å². The standard InChI is InChI=1S/C33H21NO/c1-33(2)23-12-5-3-8-18(23)19-14-15-25-29(31(19)33)22-11-7-10-21-28-24(34(25)32(21)22)16-17-27-30(28)20-9-4-6-13-26(20)35-27/h3-17H,1-2H3. The van der Waals surface area contributed by atoms with E-state index >= 15 is 0 Å². The number of rotatable bonds is 0. The minimum atomic E-state index is -0.0483. The fraction of sp³-hybridized carbons (Fsp3) is 0.0909. The average molecular weight is 448 g/mol. The van der Waals surface area contributed by atoms with Gasteiger partial charge < -0.3 is 8.82 Å². The summed E-state index contributed by atoms with van der Waals surface area (Å²) >= 11 is 0. The molecule has 1 aliphatic rings. The van der Waals surface area contributed by atoms with Gasteiger partial charge in [0, 0.05) is 37.7 Å². The molecule has 164 valence electrons. The lowest BCUT2D eigenvalue weighted by molar-refractivity contribution is 0.666. The molecule has 0 amide bonds. The lowest BCUT2D eigenvalue weighted by Gasteiger charge is -2.22. The maximum Gasteiger partial charge on any atom is 0.136 e. The molecule has 3 aromatic heterocycles. The summed E-state index contributed by atoms with van der Waals surface area (Å²) in [5, 5.41) is 7.72. The van der Waals surface area contributed by atoms with Crippen LogP contribution in [0.1, 0.15) is 25.0 Å². The van der Waals surface area contributed by atoms with Crippen LogP contribution in [-0.4, -0.2) is 4.40 Å². The number of nitrogens with zero attached hydrogens (tertiary/aromatic N) is 1. The fourth-order valence-electron chi connectivity index (χ4n) is 7.15. The summed E-state index contributed by atoms with van der Waals surface area (Å²) in [7, 11) is 0. The SMILES string of the molecule is CC1(C)c2ccccc2-c2ccc3c(c21)c1cccc2c4c5c(ccc4n3c12)oc1ccccc15. The summed E-state index contributed by atoms with van der Waals surface area (Å²) in [6, 6.07) is 33.2. The lowest BCUT2D eigenvalue weighted by atomic mass is 9.80. The van der Waals surface area contributed by atoms with Crippen molar-refractivity contribution in [1.29, 1.82) is 0 Å². The van der Waals surface area contributed by atoms with Gasteiger partial charge in [-0.15, -0.1) is 0 Å². The third-order valence-corrected chi connectivity index (χ3v) is 8.50. The summed E-state index contributed by atoms with van der Waals surface area (Å²) in [4.78, 5) is 0. The Morgan fingerprint density at radius 2 is 1.29 bits per heavy atom. The maximum absolute atomic E-state index is 6.25. The van der Waals surface area contributed by atoms with Gasteiger partial charge in [0.25, 0.3) is 0 Å². The van der Waals surface area contributed by atoms with Crippen LogP contribution in [0.3, 0.4) is 0 Å². The molecule has 0 saturated carbocycles. The molecular formula is C33H21NO. The number of hydrogen-bond acceptors (Lipinski definition) is 1. The zero-order chi connectivity index (χ0) is 23.1. The van der Waals surface area contributed by atoms with Crippen LogP contribution in [0.2, 0.25) is 0 Å². The minimum Gasteiger partial charge on any atom is -0.456 e. The summed E-state index contributed by atoms with van der Waals surface area (Å²) < 4.78 is 8.75. The molecule has 0 atom stereocenters. The molecular weight excluding hydrogens is 426 g/mol. The van der Waals surface area contributed by atoms with E-state index < -0.39 is 0 Å². The Balaban J connectivity index is 1.55. The van der Waals surface area contributed by atoms with Gasteiger partial charge in [-0.3, -0.25) is 0 Å². The van der Waals surface area contributed by atoms with Crippen LogP contribution in [0.15, 0.2) is 95.4 Å². The van der Waals surface area contributed by atoms with Crippen molar-refractivity contribution in [3.8, 4) is 11.1 Å². The van der Waals surface area contributed by atoms with E-state index in [2.05, 4.69) is 103 Å². The zero-order valence-corrected chi connectivity index (χ0v) is 19.5. The lowest BCUT2D eigenvalue weighted by Crippen LogP contribution is -2.15. The molecule has 3 heterocycles. The second-order valence-corrected chi connectivity index (χ2v) is 10.5. The van der Waals surface area contributed by atoms with Crippen molar-refractivity contribution in [2.75, 3.05) is 0 Å². The molecule has 0 fully saturated rings. The number of fused-ring (bicyclic) bond motifs is 14. The van der Waals surface area contributed by atoms with Gasteiger partial charge in [0.15, 0.2) is 0 Å². The highest BCUT2D eigenvalue weighted by molar-refractivity contribution is 6.32. The molecule has 0 saturated heterocycles. The summed E-state index contributed by atoms with van der Waals surface area (Å²) in [5.41, 5.74) is 11.3. The second-order valence-electron chi connectivity index (χ2n) is 10.5. The first-order chi connectivity index (χ1) is 17.1. The van der Waals surface area contributed by atoms with Gasteiger partial charge in [0.2, 0.25) is 0 Å². The van der Waals surface area contributed by atoms with E-state index in [1.54, 1.807) is 0 Å². The van der Waals surface area contributed by atoms with Crippen LogP contribution in [0, 0.1) is 0 Å². The molecule has 0 bridgehead atoms.